The van der Waals surface area contributed by atoms with Gasteiger partial charge in [-0.2, -0.15) is 8.42 Å². The lowest BCUT2D eigenvalue weighted by Crippen LogP contribution is -2.11. The molecule has 0 fully saturated rings. The van der Waals surface area contributed by atoms with Gasteiger partial charge >= 0.3 is 5.97 Å². The maximum Gasteiger partial charge on any atom is 0.315 e. The lowest BCUT2D eigenvalue weighted by Gasteiger charge is -2.07. The van der Waals surface area contributed by atoms with Crippen molar-refractivity contribution in [3.8, 4) is 11.5 Å². The van der Waals surface area contributed by atoms with Crippen LogP contribution in [-0.4, -0.2) is 36.1 Å². The molecule has 4 rings (SSSR count). The predicted molar refractivity (Wildman–Crippen MR) is 188 cm³/mol. The van der Waals surface area contributed by atoms with Crippen molar-refractivity contribution in [3.63, 3.8) is 0 Å². The summed E-state index contributed by atoms with van der Waals surface area (Å²) in [7, 11) is -3.67. The summed E-state index contributed by atoms with van der Waals surface area (Å²) in [4.78, 5) is 24.1. The number of hydrogen-bond acceptors (Lipinski definition) is 6. The summed E-state index contributed by atoms with van der Waals surface area (Å²) in [6.45, 7) is 0. The maximum atomic E-state index is 12.2. The standard InChI is InChI=1S/2C14H9Br3O2.CH4O3S/c15-9-2-4-12(17)8(5-9)6-13(18)11-3-1-10(16)7-14(11)19;15-10-2-1-3-12(8-10)19-14(18)7-9-6-11(16)4-5-13(9)17;1-5(2,3)4/h1-5,7,19H,6H2;1-6,8H,7H2;1H3,(H,2,3,4). The van der Waals surface area contributed by atoms with Crippen LogP contribution in [0, 0.1) is 0 Å². The fraction of sp³-hybridized carbons (Fsp3) is 0.103. The predicted octanol–water partition coefficient (Wildman–Crippen LogP) is 9.73. The van der Waals surface area contributed by atoms with Crippen LogP contribution >= 0.6 is 95.6 Å². The zero-order valence-electron chi connectivity index (χ0n) is 22.0. The molecule has 0 aliphatic rings. The van der Waals surface area contributed by atoms with E-state index in [1.807, 2.05) is 48.5 Å². The second-order valence-corrected chi connectivity index (χ2v) is 15.4. The Kier molecular flexibility index (Phi) is 15.8. The molecule has 0 radical (unpaired) electrons. The smallest absolute Gasteiger partial charge is 0.315 e. The number of esters is 1. The summed E-state index contributed by atoms with van der Waals surface area (Å²) in [5.74, 6) is 0.108. The van der Waals surface area contributed by atoms with E-state index in [2.05, 4.69) is 95.6 Å². The van der Waals surface area contributed by atoms with Crippen molar-refractivity contribution < 1.29 is 32.4 Å². The Bertz CT molecular complexity index is 1700. The van der Waals surface area contributed by atoms with Gasteiger partial charge in [0.15, 0.2) is 5.78 Å². The zero-order chi connectivity index (χ0) is 32.3. The minimum absolute atomic E-state index is 0.00880. The highest BCUT2D eigenvalue weighted by Crippen LogP contribution is 2.27. The maximum absolute atomic E-state index is 12.2. The van der Waals surface area contributed by atoms with E-state index in [1.165, 1.54) is 6.07 Å². The summed E-state index contributed by atoms with van der Waals surface area (Å²) in [5.41, 5.74) is 2.09. The fourth-order valence-electron chi connectivity index (χ4n) is 3.22. The Morgan fingerprint density at radius 1 is 0.698 bits per heavy atom. The molecule has 4 aromatic carbocycles. The number of benzene rings is 4. The van der Waals surface area contributed by atoms with E-state index in [4.69, 9.17) is 9.29 Å². The van der Waals surface area contributed by atoms with Crippen LogP contribution in [0.5, 0.6) is 11.5 Å². The van der Waals surface area contributed by atoms with Crippen LogP contribution < -0.4 is 4.74 Å². The number of carbonyl (C=O) groups is 2. The number of hydrogen-bond donors (Lipinski definition) is 2. The topological polar surface area (TPSA) is 118 Å². The molecular formula is C29H22Br6O7S. The zero-order valence-corrected chi connectivity index (χ0v) is 32.4. The van der Waals surface area contributed by atoms with E-state index < -0.39 is 10.1 Å². The molecule has 0 spiro atoms. The van der Waals surface area contributed by atoms with E-state index in [0.717, 1.165) is 38.0 Å². The quantitative estimate of drug-likeness (QED) is 0.0856. The Hall–Kier alpha value is -1.39. The van der Waals surface area contributed by atoms with Gasteiger partial charge in [0.25, 0.3) is 10.1 Å². The number of rotatable bonds is 6. The molecule has 14 heteroatoms. The molecule has 0 saturated carbocycles. The van der Waals surface area contributed by atoms with Crippen molar-refractivity contribution in [1.29, 1.82) is 0 Å². The first-order valence-corrected chi connectivity index (χ1v) is 18.4. The van der Waals surface area contributed by atoms with Crippen molar-refractivity contribution in [2.24, 2.45) is 0 Å². The van der Waals surface area contributed by atoms with Gasteiger partial charge in [0, 0.05) is 33.3 Å². The number of carbonyl (C=O) groups excluding carboxylic acids is 2. The number of halogens is 6. The first-order valence-electron chi connectivity index (χ1n) is 11.8. The van der Waals surface area contributed by atoms with Gasteiger partial charge in [0.1, 0.15) is 11.5 Å². The number of Topliss-reactive ketones (excluding diaryl/α,β-unsaturated/α-hetero) is 1. The van der Waals surface area contributed by atoms with Crippen molar-refractivity contribution in [3.05, 3.63) is 122 Å². The highest BCUT2D eigenvalue weighted by molar-refractivity contribution is 9.11. The van der Waals surface area contributed by atoms with Crippen LogP contribution in [-0.2, 0) is 27.8 Å². The lowest BCUT2D eigenvalue weighted by molar-refractivity contribution is -0.133. The van der Waals surface area contributed by atoms with Gasteiger partial charge < -0.3 is 9.84 Å². The molecule has 0 heterocycles. The summed E-state index contributed by atoms with van der Waals surface area (Å²) >= 11 is 20.2. The minimum Gasteiger partial charge on any atom is -0.507 e. The molecule has 0 unspecified atom stereocenters. The molecule has 2 N–H and O–H groups in total. The monoisotopic (exact) mass is 988 g/mol. The third kappa shape index (κ3) is 15.0. The largest absolute Gasteiger partial charge is 0.507 e. The van der Waals surface area contributed by atoms with Gasteiger partial charge in [-0.15, -0.1) is 0 Å². The summed E-state index contributed by atoms with van der Waals surface area (Å²) in [6.07, 6.45) is 1.16. The molecular weight excluding hydrogens is 972 g/mol. The second kappa shape index (κ2) is 17.9. The molecule has 228 valence electrons. The van der Waals surface area contributed by atoms with Crippen LogP contribution in [0.25, 0.3) is 0 Å². The van der Waals surface area contributed by atoms with Crippen molar-refractivity contribution >= 4 is 117 Å². The van der Waals surface area contributed by atoms with Crippen LogP contribution in [0.2, 0.25) is 0 Å². The molecule has 0 atom stereocenters. The highest BCUT2D eigenvalue weighted by atomic mass is 79.9. The lowest BCUT2D eigenvalue weighted by atomic mass is 10.0. The molecule has 7 nitrogen and oxygen atoms in total. The van der Waals surface area contributed by atoms with Gasteiger partial charge in [-0.25, -0.2) is 0 Å². The third-order valence-corrected chi connectivity index (χ3v) is 8.51. The number of phenols is 1. The summed E-state index contributed by atoms with van der Waals surface area (Å²) < 4.78 is 36.4. The normalized spacial score (nSPS) is 10.5. The molecule has 0 amide bonds. The average molecular weight is 994 g/mol. The molecule has 0 aromatic heterocycles. The SMILES string of the molecule is CS(=O)(=O)O.O=C(Cc1cc(Br)ccc1Br)Oc1cccc(Br)c1.O=C(Cc1cc(Br)ccc1Br)c1ccc(Br)cc1O. The van der Waals surface area contributed by atoms with Crippen LogP contribution in [0.15, 0.2) is 106 Å². The van der Waals surface area contributed by atoms with E-state index in [1.54, 1.807) is 24.3 Å². The molecule has 4 aromatic rings. The van der Waals surface area contributed by atoms with Crippen LogP contribution in [0.1, 0.15) is 21.5 Å². The summed E-state index contributed by atoms with van der Waals surface area (Å²) in [5, 5.41) is 9.79. The van der Waals surface area contributed by atoms with Crippen LogP contribution in [0.4, 0.5) is 0 Å². The van der Waals surface area contributed by atoms with Crippen molar-refractivity contribution in [2.75, 3.05) is 6.26 Å². The van der Waals surface area contributed by atoms with Gasteiger partial charge in [-0.1, -0.05) is 102 Å². The van der Waals surface area contributed by atoms with Gasteiger partial charge in [-0.05, 0) is 83.9 Å². The molecule has 43 heavy (non-hydrogen) atoms. The van der Waals surface area contributed by atoms with Gasteiger partial charge in [0.2, 0.25) is 0 Å². The molecule has 0 aliphatic heterocycles. The van der Waals surface area contributed by atoms with Crippen molar-refractivity contribution in [1.82, 2.24) is 0 Å². The summed E-state index contributed by atoms with van der Waals surface area (Å²) in [6, 6.07) is 23.4. The fourth-order valence-corrected chi connectivity index (χ4v) is 5.54. The first kappa shape index (κ1) is 37.8. The Morgan fingerprint density at radius 2 is 1.16 bits per heavy atom. The van der Waals surface area contributed by atoms with E-state index >= 15 is 0 Å². The molecule has 0 bridgehead atoms. The van der Waals surface area contributed by atoms with E-state index in [-0.39, 0.29) is 30.3 Å². The first-order chi connectivity index (χ1) is 20.0. The number of aromatic hydroxyl groups is 1. The average Bonchev–Trinajstić information content (AvgIpc) is 2.88. The van der Waals surface area contributed by atoms with E-state index in [9.17, 15) is 23.1 Å². The van der Waals surface area contributed by atoms with Crippen LogP contribution in [0.3, 0.4) is 0 Å². The number of phenolic OH excluding ortho intramolecular Hbond substituents is 1. The van der Waals surface area contributed by atoms with Gasteiger partial charge in [0.05, 0.1) is 18.2 Å². The highest BCUT2D eigenvalue weighted by Gasteiger charge is 2.14. The Labute approximate surface area is 300 Å². The third-order valence-electron chi connectivity index (χ3n) is 4.99. The number of ether oxygens (including phenoxy) is 1. The van der Waals surface area contributed by atoms with Gasteiger partial charge in [-0.3, -0.25) is 14.1 Å². The minimum atomic E-state index is -3.67. The van der Waals surface area contributed by atoms with Crippen molar-refractivity contribution in [2.45, 2.75) is 12.8 Å². The molecule has 0 aliphatic carbocycles. The molecule has 0 saturated heterocycles. The number of ketones is 1. The Balaban J connectivity index is 0.000000260. The second-order valence-electron chi connectivity index (χ2n) is 8.57. The Morgan fingerprint density at radius 3 is 1.67 bits per heavy atom. The van der Waals surface area contributed by atoms with E-state index in [0.29, 0.717) is 17.6 Å².